The molecule has 0 bridgehead atoms. The molecule has 1 aromatic carbocycles. The Kier molecular flexibility index (Phi) is 5.02. The summed E-state index contributed by atoms with van der Waals surface area (Å²) in [5.41, 5.74) is 4.71. The topological polar surface area (TPSA) is 102 Å². The first-order valence-corrected chi connectivity index (χ1v) is 8.51. The van der Waals surface area contributed by atoms with Gasteiger partial charge in [-0.2, -0.15) is 0 Å². The van der Waals surface area contributed by atoms with E-state index in [2.05, 4.69) is 4.72 Å². The highest BCUT2D eigenvalue weighted by Crippen LogP contribution is 2.34. The van der Waals surface area contributed by atoms with E-state index in [1.165, 1.54) is 12.1 Å². The standard InChI is InChI=1S/C12H16Cl2N2O4S/c13-8-1-2-9(10(14)11(8)15)21(18,19)16-12(7-17)3-5-20-6-4-12/h1-2,16-17H,3-7,15H2. The number of nitrogen functional groups attached to an aromatic ring is 1. The van der Waals surface area contributed by atoms with E-state index in [-0.39, 0.29) is 27.2 Å². The molecule has 1 heterocycles. The minimum atomic E-state index is -3.94. The number of aliphatic hydroxyl groups excluding tert-OH is 1. The first-order chi connectivity index (χ1) is 9.81. The predicted molar refractivity (Wildman–Crippen MR) is 81.1 cm³/mol. The van der Waals surface area contributed by atoms with Gasteiger partial charge in [0.25, 0.3) is 0 Å². The first kappa shape index (κ1) is 16.8. The number of sulfonamides is 1. The first-order valence-electron chi connectivity index (χ1n) is 6.27. The molecule has 1 aliphatic rings. The second-order valence-electron chi connectivity index (χ2n) is 4.93. The van der Waals surface area contributed by atoms with Gasteiger partial charge in [-0.3, -0.25) is 0 Å². The summed E-state index contributed by atoms with van der Waals surface area (Å²) in [6.45, 7) is 0.426. The molecule has 2 rings (SSSR count). The van der Waals surface area contributed by atoms with Crippen LogP contribution in [0.5, 0.6) is 0 Å². The monoisotopic (exact) mass is 354 g/mol. The molecule has 9 heteroatoms. The second-order valence-corrected chi connectivity index (χ2v) is 7.37. The molecule has 118 valence electrons. The number of rotatable bonds is 4. The quantitative estimate of drug-likeness (QED) is 0.709. The number of aliphatic hydroxyl groups is 1. The van der Waals surface area contributed by atoms with E-state index < -0.39 is 15.6 Å². The number of nitrogens with one attached hydrogen (secondary N) is 1. The molecular formula is C12H16Cl2N2O4S. The Morgan fingerprint density at radius 3 is 2.52 bits per heavy atom. The van der Waals surface area contributed by atoms with Crippen molar-refractivity contribution < 1.29 is 18.3 Å². The molecule has 0 radical (unpaired) electrons. The zero-order valence-electron chi connectivity index (χ0n) is 11.1. The number of hydrogen-bond donors (Lipinski definition) is 3. The third-order valence-electron chi connectivity index (χ3n) is 3.48. The molecule has 0 amide bonds. The average Bonchev–Trinajstić information content (AvgIpc) is 2.45. The zero-order chi connectivity index (χ0) is 15.7. The lowest BCUT2D eigenvalue weighted by atomic mass is 9.93. The van der Waals surface area contributed by atoms with Crippen molar-refractivity contribution in [3.63, 3.8) is 0 Å². The van der Waals surface area contributed by atoms with E-state index in [4.69, 9.17) is 33.7 Å². The zero-order valence-corrected chi connectivity index (χ0v) is 13.4. The molecule has 0 aliphatic carbocycles. The van der Waals surface area contributed by atoms with Crippen LogP contribution in [0.1, 0.15) is 12.8 Å². The Bertz CT molecular complexity index is 630. The fourth-order valence-electron chi connectivity index (χ4n) is 2.15. The summed E-state index contributed by atoms with van der Waals surface area (Å²) in [5, 5.41) is 9.61. The fourth-order valence-corrected chi connectivity index (χ4v) is 4.37. The van der Waals surface area contributed by atoms with Crippen molar-refractivity contribution in [1.82, 2.24) is 4.72 Å². The molecular weight excluding hydrogens is 339 g/mol. The van der Waals surface area contributed by atoms with Gasteiger partial charge in [-0.15, -0.1) is 0 Å². The normalized spacial score (nSPS) is 18.6. The van der Waals surface area contributed by atoms with Gasteiger partial charge in [0.15, 0.2) is 0 Å². The highest BCUT2D eigenvalue weighted by molar-refractivity contribution is 7.89. The van der Waals surface area contributed by atoms with Gasteiger partial charge in [0, 0.05) is 13.2 Å². The molecule has 6 nitrogen and oxygen atoms in total. The molecule has 0 spiro atoms. The minimum absolute atomic E-state index is 0.00577. The number of nitrogens with two attached hydrogens (primary N) is 1. The van der Waals surface area contributed by atoms with Crippen molar-refractivity contribution in [2.45, 2.75) is 23.3 Å². The number of ether oxygens (including phenoxy) is 1. The lowest BCUT2D eigenvalue weighted by Crippen LogP contribution is -2.54. The van der Waals surface area contributed by atoms with Crippen LogP contribution in [0.25, 0.3) is 0 Å². The molecule has 0 unspecified atom stereocenters. The van der Waals surface area contributed by atoms with Crippen molar-refractivity contribution in [1.29, 1.82) is 0 Å². The van der Waals surface area contributed by atoms with Crippen LogP contribution in [0.15, 0.2) is 17.0 Å². The van der Waals surface area contributed by atoms with Crippen molar-refractivity contribution in [3.8, 4) is 0 Å². The van der Waals surface area contributed by atoms with Crippen molar-refractivity contribution in [3.05, 3.63) is 22.2 Å². The maximum atomic E-state index is 12.5. The Balaban J connectivity index is 2.36. The molecule has 0 saturated carbocycles. The molecule has 0 atom stereocenters. The highest BCUT2D eigenvalue weighted by Gasteiger charge is 2.37. The number of hydrogen-bond acceptors (Lipinski definition) is 5. The van der Waals surface area contributed by atoms with E-state index in [9.17, 15) is 13.5 Å². The van der Waals surface area contributed by atoms with Gasteiger partial charge in [0.2, 0.25) is 10.0 Å². The SMILES string of the molecule is Nc1c(Cl)ccc(S(=O)(=O)NC2(CO)CCOCC2)c1Cl. The maximum absolute atomic E-state index is 12.5. The summed E-state index contributed by atoms with van der Waals surface area (Å²) < 4.78 is 32.7. The summed E-state index contributed by atoms with van der Waals surface area (Å²) in [5.74, 6) is 0. The lowest BCUT2D eigenvalue weighted by molar-refractivity contribution is 0.0223. The highest BCUT2D eigenvalue weighted by atomic mass is 35.5. The van der Waals surface area contributed by atoms with Crippen LogP contribution in [0.4, 0.5) is 5.69 Å². The van der Waals surface area contributed by atoms with E-state index in [0.29, 0.717) is 26.1 Å². The van der Waals surface area contributed by atoms with Crippen LogP contribution in [-0.2, 0) is 14.8 Å². The largest absolute Gasteiger partial charge is 0.396 e. The van der Waals surface area contributed by atoms with Crippen LogP contribution in [0.3, 0.4) is 0 Å². The third kappa shape index (κ3) is 3.44. The molecule has 21 heavy (non-hydrogen) atoms. The number of halogens is 2. The van der Waals surface area contributed by atoms with E-state index in [1.807, 2.05) is 0 Å². The van der Waals surface area contributed by atoms with Crippen LogP contribution < -0.4 is 10.5 Å². The third-order valence-corrected chi connectivity index (χ3v) is 5.95. The van der Waals surface area contributed by atoms with Gasteiger partial charge < -0.3 is 15.6 Å². The van der Waals surface area contributed by atoms with Gasteiger partial charge in [0.1, 0.15) is 4.90 Å². The summed E-state index contributed by atoms with van der Waals surface area (Å²) >= 11 is 11.8. The van der Waals surface area contributed by atoms with Crippen LogP contribution in [0.2, 0.25) is 10.0 Å². The number of benzene rings is 1. The van der Waals surface area contributed by atoms with Gasteiger partial charge >= 0.3 is 0 Å². The maximum Gasteiger partial charge on any atom is 0.242 e. The van der Waals surface area contributed by atoms with E-state index in [1.54, 1.807) is 0 Å². The Morgan fingerprint density at radius 1 is 1.33 bits per heavy atom. The summed E-state index contributed by atoms with van der Waals surface area (Å²) in [4.78, 5) is -0.162. The summed E-state index contributed by atoms with van der Waals surface area (Å²) in [6, 6.07) is 2.65. The van der Waals surface area contributed by atoms with Crippen molar-refractivity contribution in [2.75, 3.05) is 25.6 Å². The van der Waals surface area contributed by atoms with E-state index >= 15 is 0 Å². The molecule has 4 N–H and O–H groups in total. The van der Waals surface area contributed by atoms with Gasteiger partial charge in [-0.1, -0.05) is 23.2 Å². The predicted octanol–water partition coefficient (Wildman–Crippen LogP) is 1.40. The lowest BCUT2D eigenvalue weighted by Gasteiger charge is -2.35. The van der Waals surface area contributed by atoms with Gasteiger partial charge in [0.05, 0.1) is 27.9 Å². The molecule has 1 saturated heterocycles. The molecule has 1 fully saturated rings. The fraction of sp³-hybridized carbons (Fsp3) is 0.500. The molecule has 0 aromatic heterocycles. The van der Waals surface area contributed by atoms with Crippen LogP contribution in [0, 0.1) is 0 Å². The average molecular weight is 355 g/mol. The Morgan fingerprint density at radius 2 is 1.95 bits per heavy atom. The smallest absolute Gasteiger partial charge is 0.242 e. The summed E-state index contributed by atoms with van der Waals surface area (Å²) in [7, 11) is -3.94. The molecule has 1 aromatic rings. The van der Waals surface area contributed by atoms with Crippen LogP contribution in [-0.4, -0.2) is 38.9 Å². The minimum Gasteiger partial charge on any atom is -0.396 e. The Labute approximate surface area is 133 Å². The van der Waals surface area contributed by atoms with Crippen LogP contribution >= 0.6 is 23.2 Å². The number of anilines is 1. The van der Waals surface area contributed by atoms with Crippen molar-refractivity contribution >= 4 is 38.9 Å². The van der Waals surface area contributed by atoms with E-state index in [0.717, 1.165) is 0 Å². The van der Waals surface area contributed by atoms with Crippen molar-refractivity contribution in [2.24, 2.45) is 0 Å². The van der Waals surface area contributed by atoms with Gasteiger partial charge in [-0.05, 0) is 25.0 Å². The summed E-state index contributed by atoms with van der Waals surface area (Å²) in [6.07, 6.45) is 0.757. The van der Waals surface area contributed by atoms with Gasteiger partial charge in [-0.25, -0.2) is 13.1 Å². The second kappa shape index (κ2) is 6.28. The Hall–Kier alpha value is -0.570. The molecule has 1 aliphatic heterocycles.